The zero-order chi connectivity index (χ0) is 21.6. The third-order valence-electron chi connectivity index (χ3n) is 4.96. The average Bonchev–Trinajstić information content (AvgIpc) is 3.03. The largest absolute Gasteiger partial charge is 0.337 e. The first-order valence-electron chi connectivity index (χ1n) is 10.3. The summed E-state index contributed by atoms with van der Waals surface area (Å²) >= 11 is 1.48. The van der Waals surface area contributed by atoms with Gasteiger partial charge >= 0.3 is 0 Å². The van der Waals surface area contributed by atoms with Crippen molar-refractivity contribution in [1.29, 1.82) is 0 Å². The Morgan fingerprint density at radius 2 is 1.69 bits per heavy atom. The zero-order valence-electron chi connectivity index (χ0n) is 18.8. The summed E-state index contributed by atoms with van der Waals surface area (Å²) in [6.45, 7) is 11.1. The smallest absolute Gasteiger partial charge is 0.233 e. The van der Waals surface area contributed by atoms with Crippen LogP contribution < -0.4 is 0 Å². The van der Waals surface area contributed by atoms with Crippen LogP contribution in [0.15, 0.2) is 35.5 Å². The third kappa shape index (κ3) is 6.06. The van der Waals surface area contributed by atoms with Crippen molar-refractivity contribution >= 4 is 17.7 Å². The first-order valence-corrected chi connectivity index (χ1v) is 11.3. The predicted octanol–water partition coefficient (Wildman–Crippen LogP) is 4.08. The van der Waals surface area contributed by atoms with E-state index in [1.54, 1.807) is 0 Å². The molecule has 1 aromatic carbocycles. The summed E-state index contributed by atoms with van der Waals surface area (Å²) in [4.78, 5) is 16.9. The van der Waals surface area contributed by atoms with E-state index in [9.17, 15) is 4.79 Å². The SMILES string of the molecule is CC[C@H](c1nnc(SCC(=O)N(C(C)C)C(C)C)n1Cc1ccccc1)N(C)C. The Bertz CT molecular complexity index is 765. The van der Waals surface area contributed by atoms with Crippen molar-refractivity contribution in [2.45, 2.75) is 70.9 Å². The lowest BCUT2D eigenvalue weighted by Gasteiger charge is -2.30. The second-order valence-electron chi connectivity index (χ2n) is 8.08. The Hall–Kier alpha value is -1.86. The lowest BCUT2D eigenvalue weighted by atomic mass is 10.2. The molecule has 0 aliphatic heterocycles. The molecule has 0 saturated heterocycles. The number of hydrogen-bond donors (Lipinski definition) is 0. The molecule has 0 aliphatic carbocycles. The molecule has 2 aromatic rings. The highest BCUT2D eigenvalue weighted by Crippen LogP contribution is 2.26. The topological polar surface area (TPSA) is 54.3 Å². The normalized spacial score (nSPS) is 12.8. The summed E-state index contributed by atoms with van der Waals surface area (Å²) in [5.74, 6) is 1.44. The number of hydrogen-bond acceptors (Lipinski definition) is 5. The van der Waals surface area contributed by atoms with Crippen LogP contribution in [0.25, 0.3) is 0 Å². The van der Waals surface area contributed by atoms with Crippen LogP contribution in [0.4, 0.5) is 0 Å². The maximum atomic E-state index is 12.8. The number of aromatic nitrogens is 3. The molecule has 0 unspecified atom stereocenters. The van der Waals surface area contributed by atoms with Crippen molar-refractivity contribution in [2.75, 3.05) is 19.8 Å². The number of carbonyl (C=O) groups excluding carboxylic acids is 1. The highest BCUT2D eigenvalue weighted by Gasteiger charge is 2.24. The molecule has 1 aromatic heterocycles. The second-order valence-corrected chi connectivity index (χ2v) is 9.02. The van der Waals surface area contributed by atoms with Crippen LogP contribution in [0, 0.1) is 0 Å². The fraction of sp³-hybridized carbons (Fsp3) is 0.591. The van der Waals surface area contributed by atoms with Crippen molar-refractivity contribution in [1.82, 2.24) is 24.6 Å². The standard InChI is InChI=1S/C22H35N5OS/c1-8-19(25(6)7)21-23-24-22(26(21)14-18-12-10-9-11-13-18)29-15-20(28)27(16(2)3)17(4)5/h9-13,16-17,19H,8,14-15H2,1-7H3/t19-/m1/s1. The van der Waals surface area contributed by atoms with E-state index in [1.165, 1.54) is 17.3 Å². The number of carbonyl (C=O) groups is 1. The van der Waals surface area contributed by atoms with Crippen molar-refractivity contribution < 1.29 is 4.79 Å². The van der Waals surface area contributed by atoms with E-state index in [2.05, 4.69) is 80.5 Å². The van der Waals surface area contributed by atoms with E-state index in [1.807, 2.05) is 23.1 Å². The fourth-order valence-electron chi connectivity index (χ4n) is 3.72. The van der Waals surface area contributed by atoms with Crippen molar-refractivity contribution in [2.24, 2.45) is 0 Å². The first kappa shape index (κ1) is 23.4. The highest BCUT2D eigenvalue weighted by atomic mass is 32.2. The molecule has 160 valence electrons. The van der Waals surface area contributed by atoms with E-state index >= 15 is 0 Å². The molecular weight excluding hydrogens is 382 g/mol. The van der Waals surface area contributed by atoms with Gasteiger partial charge in [0.25, 0.3) is 0 Å². The van der Waals surface area contributed by atoms with Gasteiger partial charge in [-0.1, -0.05) is 49.0 Å². The molecule has 0 bridgehead atoms. The molecule has 6 nitrogen and oxygen atoms in total. The quantitative estimate of drug-likeness (QED) is 0.545. The van der Waals surface area contributed by atoms with Crippen LogP contribution in [0.2, 0.25) is 0 Å². The van der Waals surface area contributed by atoms with Crippen molar-refractivity contribution in [3.8, 4) is 0 Å². The van der Waals surface area contributed by atoms with Crippen LogP contribution in [0.1, 0.15) is 58.5 Å². The van der Waals surface area contributed by atoms with Gasteiger partial charge in [0.05, 0.1) is 18.3 Å². The first-order chi connectivity index (χ1) is 13.8. The van der Waals surface area contributed by atoms with Crippen LogP contribution in [-0.2, 0) is 11.3 Å². The summed E-state index contributed by atoms with van der Waals surface area (Å²) in [7, 11) is 4.13. The van der Waals surface area contributed by atoms with E-state index < -0.39 is 0 Å². The molecular formula is C22H35N5OS. The molecule has 0 fully saturated rings. The lowest BCUT2D eigenvalue weighted by Crippen LogP contribution is -2.43. The van der Waals surface area contributed by atoms with Gasteiger partial charge in [-0.05, 0) is 53.8 Å². The maximum absolute atomic E-state index is 12.8. The molecule has 2 rings (SSSR count). The fourth-order valence-corrected chi connectivity index (χ4v) is 4.53. The molecule has 7 heteroatoms. The Morgan fingerprint density at radius 1 is 1.07 bits per heavy atom. The summed E-state index contributed by atoms with van der Waals surface area (Å²) in [6, 6.07) is 10.9. The zero-order valence-corrected chi connectivity index (χ0v) is 19.6. The molecule has 0 aliphatic rings. The number of amides is 1. The molecule has 0 saturated carbocycles. The maximum Gasteiger partial charge on any atom is 0.233 e. The van der Waals surface area contributed by atoms with Crippen molar-refractivity contribution in [3.05, 3.63) is 41.7 Å². The van der Waals surface area contributed by atoms with E-state index in [0.29, 0.717) is 12.3 Å². The van der Waals surface area contributed by atoms with Gasteiger partial charge in [-0.15, -0.1) is 10.2 Å². The van der Waals surface area contributed by atoms with Gasteiger partial charge in [-0.2, -0.15) is 0 Å². The summed E-state index contributed by atoms with van der Waals surface area (Å²) in [5.41, 5.74) is 1.20. The number of rotatable bonds is 10. The molecule has 1 amide bonds. The van der Waals surface area contributed by atoms with Crippen LogP contribution in [-0.4, -0.2) is 62.4 Å². The van der Waals surface area contributed by atoms with E-state index in [-0.39, 0.29) is 24.0 Å². The van der Waals surface area contributed by atoms with E-state index in [0.717, 1.165) is 17.4 Å². The molecule has 0 spiro atoms. The van der Waals surface area contributed by atoms with Gasteiger partial charge in [0.15, 0.2) is 11.0 Å². The Morgan fingerprint density at radius 3 is 2.21 bits per heavy atom. The van der Waals surface area contributed by atoms with Gasteiger partial charge in [0.2, 0.25) is 5.91 Å². The highest BCUT2D eigenvalue weighted by molar-refractivity contribution is 7.99. The second kappa shape index (κ2) is 10.8. The van der Waals surface area contributed by atoms with Gasteiger partial charge < -0.3 is 9.47 Å². The van der Waals surface area contributed by atoms with Gasteiger partial charge in [0, 0.05) is 12.1 Å². The minimum Gasteiger partial charge on any atom is -0.337 e. The monoisotopic (exact) mass is 417 g/mol. The number of nitrogens with zero attached hydrogens (tertiary/aromatic N) is 5. The average molecular weight is 418 g/mol. The minimum absolute atomic E-state index is 0.135. The van der Waals surface area contributed by atoms with Crippen molar-refractivity contribution in [3.63, 3.8) is 0 Å². The van der Waals surface area contributed by atoms with E-state index in [4.69, 9.17) is 0 Å². The predicted molar refractivity (Wildman–Crippen MR) is 120 cm³/mol. The Balaban J connectivity index is 2.29. The molecule has 0 radical (unpaired) electrons. The molecule has 1 heterocycles. The van der Waals surface area contributed by atoms with Gasteiger partial charge in [0.1, 0.15) is 0 Å². The summed E-state index contributed by atoms with van der Waals surface area (Å²) < 4.78 is 2.16. The third-order valence-corrected chi connectivity index (χ3v) is 5.91. The summed E-state index contributed by atoms with van der Waals surface area (Å²) in [5, 5.41) is 9.78. The van der Waals surface area contributed by atoms with Gasteiger partial charge in [-0.25, -0.2) is 0 Å². The number of benzene rings is 1. The minimum atomic E-state index is 0.135. The number of thioether (sulfide) groups is 1. The molecule has 29 heavy (non-hydrogen) atoms. The Kier molecular flexibility index (Phi) is 8.71. The van der Waals surface area contributed by atoms with Crippen LogP contribution in [0.3, 0.4) is 0 Å². The molecule has 1 atom stereocenters. The van der Waals surface area contributed by atoms with Crippen LogP contribution >= 0.6 is 11.8 Å². The van der Waals surface area contributed by atoms with Crippen LogP contribution in [0.5, 0.6) is 0 Å². The molecule has 0 N–H and O–H groups in total. The summed E-state index contributed by atoms with van der Waals surface area (Å²) in [6.07, 6.45) is 0.942. The Labute approximate surface area is 179 Å². The van der Waals surface area contributed by atoms with Gasteiger partial charge in [-0.3, -0.25) is 9.69 Å². The lowest BCUT2D eigenvalue weighted by molar-refractivity contribution is -0.131.